The van der Waals surface area contributed by atoms with Crippen molar-refractivity contribution in [1.82, 2.24) is 9.97 Å². The largest absolute Gasteiger partial charge is 0.319 e. The van der Waals surface area contributed by atoms with Gasteiger partial charge in [0.2, 0.25) is 0 Å². The Morgan fingerprint density at radius 3 is 2.14 bits per heavy atom. The van der Waals surface area contributed by atoms with E-state index >= 15 is 0 Å². The first-order chi connectivity index (χ1) is 9.81. The Bertz CT molecular complexity index is 709. The van der Waals surface area contributed by atoms with Gasteiger partial charge in [0.1, 0.15) is 5.82 Å². The lowest BCUT2D eigenvalue weighted by Crippen LogP contribution is -2.18. The molecule has 21 heavy (non-hydrogen) atoms. The van der Waals surface area contributed by atoms with E-state index in [2.05, 4.69) is 15.3 Å². The molecule has 1 heterocycles. The summed E-state index contributed by atoms with van der Waals surface area (Å²) < 4.78 is 39.5. The Labute approximate surface area is 119 Å². The summed E-state index contributed by atoms with van der Waals surface area (Å²) in [5.41, 5.74) is 0.559. The molecular formula is C14H12F3N3O. The molecule has 0 spiro atoms. The number of halogens is 3. The smallest absolute Gasteiger partial charge is 0.259 e. The molecule has 110 valence electrons. The van der Waals surface area contributed by atoms with Crippen LogP contribution >= 0.6 is 0 Å². The number of carbonyl (C=O) groups is 1. The van der Waals surface area contributed by atoms with E-state index < -0.39 is 29.0 Å². The highest BCUT2D eigenvalue weighted by Crippen LogP contribution is 2.21. The van der Waals surface area contributed by atoms with Gasteiger partial charge in [0.05, 0.1) is 22.6 Å². The van der Waals surface area contributed by atoms with Crippen LogP contribution in [0.4, 0.5) is 18.9 Å². The number of hydrogen-bond donors (Lipinski definition) is 1. The van der Waals surface area contributed by atoms with Gasteiger partial charge >= 0.3 is 0 Å². The Balaban J connectivity index is 2.38. The fourth-order valence-electron chi connectivity index (χ4n) is 2.02. The van der Waals surface area contributed by atoms with Crippen LogP contribution in [0.5, 0.6) is 0 Å². The summed E-state index contributed by atoms with van der Waals surface area (Å²) in [7, 11) is 0. The highest BCUT2D eigenvalue weighted by atomic mass is 19.2. The third-order valence-electron chi connectivity index (χ3n) is 2.89. The van der Waals surface area contributed by atoms with Crippen LogP contribution < -0.4 is 5.32 Å². The molecule has 0 atom stereocenters. The number of hydrogen-bond acceptors (Lipinski definition) is 3. The molecule has 0 fully saturated rings. The van der Waals surface area contributed by atoms with E-state index in [1.54, 1.807) is 20.8 Å². The van der Waals surface area contributed by atoms with E-state index in [1.807, 2.05) is 0 Å². The highest BCUT2D eigenvalue weighted by molar-refractivity contribution is 6.05. The van der Waals surface area contributed by atoms with Gasteiger partial charge in [-0.25, -0.2) is 23.1 Å². The molecule has 2 aromatic rings. The molecule has 0 saturated carbocycles. The highest BCUT2D eigenvalue weighted by Gasteiger charge is 2.19. The van der Waals surface area contributed by atoms with Crippen LogP contribution in [0, 0.1) is 38.2 Å². The molecule has 0 aliphatic rings. The van der Waals surface area contributed by atoms with Gasteiger partial charge in [-0.3, -0.25) is 4.79 Å². The van der Waals surface area contributed by atoms with Crippen LogP contribution in [0.15, 0.2) is 12.1 Å². The van der Waals surface area contributed by atoms with E-state index in [-0.39, 0.29) is 5.56 Å². The monoisotopic (exact) mass is 295 g/mol. The van der Waals surface area contributed by atoms with E-state index in [1.165, 1.54) is 0 Å². The maximum absolute atomic E-state index is 13.5. The van der Waals surface area contributed by atoms with Crippen LogP contribution in [-0.2, 0) is 0 Å². The molecule has 0 aliphatic heterocycles. The molecule has 0 saturated heterocycles. The van der Waals surface area contributed by atoms with E-state index in [4.69, 9.17) is 0 Å². The minimum atomic E-state index is -1.64. The Hall–Kier alpha value is -2.44. The van der Waals surface area contributed by atoms with Crippen LogP contribution in [-0.4, -0.2) is 15.9 Å². The van der Waals surface area contributed by atoms with Crippen LogP contribution in [0.25, 0.3) is 0 Å². The number of nitrogens with one attached hydrogen (secondary N) is 1. The summed E-state index contributed by atoms with van der Waals surface area (Å²) in [5, 5.41) is 2.20. The van der Waals surface area contributed by atoms with Crippen molar-refractivity contribution in [2.24, 2.45) is 0 Å². The molecule has 4 nitrogen and oxygen atoms in total. The molecule has 1 amide bonds. The lowest BCUT2D eigenvalue weighted by molar-refractivity contribution is 0.102. The fourth-order valence-corrected chi connectivity index (χ4v) is 2.02. The maximum Gasteiger partial charge on any atom is 0.259 e. The zero-order valence-electron chi connectivity index (χ0n) is 11.6. The Morgan fingerprint density at radius 2 is 1.57 bits per heavy atom. The molecule has 7 heteroatoms. The molecule has 1 aromatic heterocycles. The molecule has 0 radical (unpaired) electrons. The van der Waals surface area contributed by atoms with Gasteiger partial charge in [0.25, 0.3) is 5.91 Å². The second kappa shape index (κ2) is 5.51. The number of aryl methyl sites for hydroxylation is 3. The lowest BCUT2D eigenvalue weighted by Gasteiger charge is -2.11. The predicted molar refractivity (Wildman–Crippen MR) is 70.5 cm³/mol. The summed E-state index contributed by atoms with van der Waals surface area (Å²) in [5.74, 6) is -4.60. The quantitative estimate of drug-likeness (QED) is 0.866. The fraction of sp³-hybridized carbons (Fsp3) is 0.214. The summed E-state index contributed by atoms with van der Waals surface area (Å²) in [6.07, 6.45) is 0. The van der Waals surface area contributed by atoms with Gasteiger partial charge in [0.15, 0.2) is 17.5 Å². The zero-order chi connectivity index (χ0) is 15.7. The van der Waals surface area contributed by atoms with Crippen LogP contribution in [0.2, 0.25) is 0 Å². The van der Waals surface area contributed by atoms with Gasteiger partial charge in [-0.15, -0.1) is 0 Å². The van der Waals surface area contributed by atoms with E-state index in [0.29, 0.717) is 17.2 Å². The predicted octanol–water partition coefficient (Wildman–Crippen LogP) is 3.07. The van der Waals surface area contributed by atoms with E-state index in [0.717, 1.165) is 12.1 Å². The Morgan fingerprint density at radius 1 is 1.00 bits per heavy atom. The summed E-state index contributed by atoms with van der Waals surface area (Å²) in [6.45, 7) is 4.90. The third-order valence-corrected chi connectivity index (χ3v) is 2.89. The molecule has 1 N–H and O–H groups in total. The third kappa shape index (κ3) is 2.86. The number of carbonyl (C=O) groups excluding carboxylic acids is 1. The topological polar surface area (TPSA) is 54.9 Å². The second-order valence-corrected chi connectivity index (χ2v) is 4.49. The van der Waals surface area contributed by atoms with Crippen molar-refractivity contribution < 1.29 is 18.0 Å². The molecule has 0 unspecified atom stereocenters. The van der Waals surface area contributed by atoms with Gasteiger partial charge in [-0.2, -0.15) is 0 Å². The number of amides is 1. The first kappa shape index (κ1) is 15.0. The van der Waals surface area contributed by atoms with Crippen molar-refractivity contribution in [3.8, 4) is 0 Å². The lowest BCUT2D eigenvalue weighted by atomic mass is 10.1. The first-order valence-corrected chi connectivity index (χ1v) is 6.08. The van der Waals surface area contributed by atoms with Gasteiger partial charge in [-0.1, -0.05) is 0 Å². The number of anilines is 1. The summed E-state index contributed by atoms with van der Waals surface area (Å²) in [6, 6.07) is 1.69. The van der Waals surface area contributed by atoms with Crippen molar-refractivity contribution >= 4 is 11.6 Å². The van der Waals surface area contributed by atoms with Crippen molar-refractivity contribution in [2.75, 3.05) is 5.32 Å². The average molecular weight is 295 g/mol. The molecule has 0 bridgehead atoms. The SMILES string of the molecule is Cc1nc(C)c(C(=O)Nc2ccc(F)c(F)c2F)c(C)n1. The van der Waals surface area contributed by atoms with Crippen molar-refractivity contribution in [1.29, 1.82) is 0 Å². The zero-order valence-corrected chi connectivity index (χ0v) is 11.6. The van der Waals surface area contributed by atoms with Gasteiger partial charge in [-0.05, 0) is 32.9 Å². The van der Waals surface area contributed by atoms with Crippen LogP contribution in [0.1, 0.15) is 27.6 Å². The minimum Gasteiger partial charge on any atom is -0.319 e. The Kier molecular flexibility index (Phi) is 3.93. The van der Waals surface area contributed by atoms with Gasteiger partial charge < -0.3 is 5.32 Å². The molecule has 0 aliphatic carbocycles. The van der Waals surface area contributed by atoms with Gasteiger partial charge in [0, 0.05) is 0 Å². The summed E-state index contributed by atoms with van der Waals surface area (Å²) in [4.78, 5) is 20.2. The van der Waals surface area contributed by atoms with Crippen molar-refractivity contribution in [2.45, 2.75) is 20.8 Å². The number of nitrogens with zero attached hydrogens (tertiary/aromatic N) is 2. The number of benzene rings is 1. The molecule has 2 rings (SSSR count). The summed E-state index contributed by atoms with van der Waals surface area (Å²) >= 11 is 0. The molecular weight excluding hydrogens is 283 g/mol. The average Bonchev–Trinajstić information content (AvgIpc) is 2.38. The molecule has 1 aromatic carbocycles. The minimum absolute atomic E-state index is 0.171. The first-order valence-electron chi connectivity index (χ1n) is 6.08. The maximum atomic E-state index is 13.5. The standard InChI is InChI=1S/C14H12F3N3O/c1-6-11(7(2)19-8(3)18-6)14(21)20-10-5-4-9(15)12(16)13(10)17/h4-5H,1-3H3,(H,20,21). The number of rotatable bonds is 2. The second-order valence-electron chi connectivity index (χ2n) is 4.49. The number of aromatic nitrogens is 2. The van der Waals surface area contributed by atoms with Crippen molar-refractivity contribution in [3.05, 3.63) is 52.4 Å². The van der Waals surface area contributed by atoms with Crippen molar-refractivity contribution in [3.63, 3.8) is 0 Å². The van der Waals surface area contributed by atoms with E-state index in [9.17, 15) is 18.0 Å². The normalized spacial score (nSPS) is 10.6. The van der Waals surface area contributed by atoms with Crippen LogP contribution in [0.3, 0.4) is 0 Å².